The lowest BCUT2D eigenvalue weighted by Gasteiger charge is -2.35. The number of hydrogen-bond donors (Lipinski definition) is 2. The number of nitrogens with one attached hydrogen (secondary N) is 2. The van der Waals surface area contributed by atoms with Gasteiger partial charge in [0.25, 0.3) is 0 Å². The first-order valence-electron chi connectivity index (χ1n) is 18.6. The molecule has 2 aliphatic heterocycles. The number of anilines is 2. The molecule has 1 aromatic carbocycles. The molecule has 2 heterocycles. The van der Waals surface area contributed by atoms with Crippen molar-refractivity contribution in [3.05, 3.63) is 22.3 Å². The fraction of sp³-hybridized carbons (Fsp3) is 0.842. The van der Waals surface area contributed by atoms with Gasteiger partial charge in [0.2, 0.25) is 0 Å². The average Bonchev–Trinajstić information content (AvgIpc) is 3.19. The minimum atomic E-state index is 0.758. The summed E-state index contributed by atoms with van der Waals surface area (Å²) in [4.78, 5) is 0. The number of hydrogen-bond acceptors (Lipinski definition) is 2. The molecular formula is C38H64N2. The van der Waals surface area contributed by atoms with Crippen LogP contribution in [0.3, 0.4) is 0 Å². The molecule has 4 aliphatic rings. The maximum atomic E-state index is 4.25. The third-order valence-corrected chi connectivity index (χ3v) is 11.1. The van der Waals surface area contributed by atoms with Gasteiger partial charge >= 0.3 is 0 Å². The normalized spacial score (nSPS) is 24.2. The zero-order valence-electron chi connectivity index (χ0n) is 26.4. The van der Waals surface area contributed by atoms with Crippen molar-refractivity contribution in [2.75, 3.05) is 23.7 Å². The average molecular weight is 549 g/mol. The van der Waals surface area contributed by atoms with E-state index in [2.05, 4.69) is 10.6 Å². The van der Waals surface area contributed by atoms with Crippen LogP contribution in [0.15, 0.2) is 0 Å². The van der Waals surface area contributed by atoms with Crippen molar-refractivity contribution in [2.45, 2.75) is 192 Å². The molecule has 0 aromatic heterocycles. The predicted octanol–water partition coefficient (Wildman–Crippen LogP) is 12.0. The van der Waals surface area contributed by atoms with E-state index in [0.29, 0.717) is 0 Å². The number of rotatable bonds is 2. The Morgan fingerprint density at radius 2 is 0.625 bits per heavy atom. The molecule has 0 bridgehead atoms. The highest BCUT2D eigenvalue weighted by molar-refractivity contribution is 5.76. The van der Waals surface area contributed by atoms with Crippen LogP contribution in [0.5, 0.6) is 0 Å². The molecule has 226 valence electrons. The van der Waals surface area contributed by atoms with Gasteiger partial charge in [0, 0.05) is 24.5 Å². The summed E-state index contributed by atoms with van der Waals surface area (Å²) in [5.41, 5.74) is 10.6. The lowest BCUT2D eigenvalue weighted by molar-refractivity contribution is 0.460. The lowest BCUT2D eigenvalue weighted by atomic mass is 9.75. The zero-order chi connectivity index (χ0) is 27.2. The summed E-state index contributed by atoms with van der Waals surface area (Å²) in [7, 11) is 0. The first-order valence-corrected chi connectivity index (χ1v) is 18.6. The van der Waals surface area contributed by atoms with Gasteiger partial charge in [-0.2, -0.15) is 0 Å². The van der Waals surface area contributed by atoms with Crippen molar-refractivity contribution in [1.82, 2.24) is 0 Å². The summed E-state index contributed by atoms with van der Waals surface area (Å²) in [5.74, 6) is 1.52. The fourth-order valence-corrected chi connectivity index (χ4v) is 8.90. The van der Waals surface area contributed by atoms with Gasteiger partial charge < -0.3 is 10.6 Å². The van der Waals surface area contributed by atoms with Crippen LogP contribution in [0, 0.1) is 0 Å². The molecule has 0 atom stereocenters. The van der Waals surface area contributed by atoms with Crippen molar-refractivity contribution < 1.29 is 0 Å². The van der Waals surface area contributed by atoms with Crippen LogP contribution < -0.4 is 10.6 Å². The molecule has 2 nitrogen and oxygen atoms in total. The van der Waals surface area contributed by atoms with Gasteiger partial charge in [-0.1, -0.05) is 116 Å². The van der Waals surface area contributed by atoms with E-state index in [4.69, 9.17) is 0 Å². The van der Waals surface area contributed by atoms with E-state index in [9.17, 15) is 0 Å². The molecular weight excluding hydrogens is 484 g/mol. The Balaban J connectivity index is 1.66. The van der Waals surface area contributed by atoms with Crippen LogP contribution in [0.2, 0.25) is 0 Å². The lowest BCUT2D eigenvalue weighted by Crippen LogP contribution is -2.20. The summed E-state index contributed by atoms with van der Waals surface area (Å²) in [5, 5.41) is 8.50. The van der Waals surface area contributed by atoms with E-state index >= 15 is 0 Å². The van der Waals surface area contributed by atoms with E-state index in [-0.39, 0.29) is 0 Å². The largest absolute Gasteiger partial charge is 0.385 e. The van der Waals surface area contributed by atoms with Gasteiger partial charge in [-0.05, 0) is 98.3 Å². The first kappa shape index (κ1) is 30.3. The van der Waals surface area contributed by atoms with E-state index < -0.39 is 0 Å². The third kappa shape index (κ3) is 8.44. The molecule has 2 fully saturated rings. The van der Waals surface area contributed by atoms with Gasteiger partial charge in [-0.3, -0.25) is 0 Å². The van der Waals surface area contributed by atoms with Gasteiger partial charge in [0.15, 0.2) is 0 Å². The fourth-order valence-electron chi connectivity index (χ4n) is 8.90. The zero-order valence-corrected chi connectivity index (χ0v) is 26.4. The Labute approximate surface area is 248 Å². The minimum absolute atomic E-state index is 0.758. The van der Waals surface area contributed by atoms with Crippen LogP contribution in [0.4, 0.5) is 11.4 Å². The van der Waals surface area contributed by atoms with E-state index in [1.165, 1.54) is 193 Å². The van der Waals surface area contributed by atoms with Crippen molar-refractivity contribution in [2.24, 2.45) is 0 Å². The van der Waals surface area contributed by atoms with Gasteiger partial charge in [0.05, 0.1) is 0 Å². The molecule has 0 saturated heterocycles. The summed E-state index contributed by atoms with van der Waals surface area (Å²) < 4.78 is 0. The van der Waals surface area contributed by atoms with Crippen LogP contribution in [0.25, 0.3) is 0 Å². The molecule has 2 aliphatic carbocycles. The summed E-state index contributed by atoms with van der Waals surface area (Å²) in [6.45, 7) is 2.37. The highest BCUT2D eigenvalue weighted by Gasteiger charge is 2.31. The number of benzene rings is 1. The van der Waals surface area contributed by atoms with Crippen LogP contribution in [0.1, 0.15) is 201 Å². The monoisotopic (exact) mass is 549 g/mol. The van der Waals surface area contributed by atoms with Crippen LogP contribution in [-0.2, 0) is 12.8 Å². The molecule has 0 radical (unpaired) electrons. The van der Waals surface area contributed by atoms with E-state index in [1.54, 1.807) is 22.5 Å². The standard InChI is InChI=1S/C38H64N2/c1-2-7-15-23-31(24-16-8-3-1)35-33-27-19-11-6-13-21-29-39-37(33)36(32-25-17-9-4-5-10-18-26-32)34-28-20-12-14-22-30-40-38(34)35/h31-32,39-40H,1-30H2. The molecule has 2 saturated carbocycles. The molecule has 0 amide bonds. The van der Waals surface area contributed by atoms with Gasteiger partial charge in [-0.15, -0.1) is 0 Å². The quantitative estimate of drug-likeness (QED) is 0.384. The molecule has 2 N–H and O–H groups in total. The molecule has 2 heteroatoms. The Morgan fingerprint density at radius 1 is 0.325 bits per heavy atom. The second kappa shape index (κ2) is 17.1. The molecule has 40 heavy (non-hydrogen) atoms. The van der Waals surface area contributed by atoms with Crippen molar-refractivity contribution >= 4 is 11.4 Å². The Bertz CT molecular complexity index is 853. The second-order valence-electron chi connectivity index (χ2n) is 14.2. The Morgan fingerprint density at radius 3 is 1.00 bits per heavy atom. The smallest absolute Gasteiger partial charge is 0.0415 e. The van der Waals surface area contributed by atoms with Crippen molar-refractivity contribution in [1.29, 1.82) is 0 Å². The second-order valence-corrected chi connectivity index (χ2v) is 14.2. The summed E-state index contributed by atoms with van der Waals surface area (Å²) in [6, 6.07) is 0. The maximum absolute atomic E-state index is 4.25. The molecule has 0 unspecified atom stereocenters. The summed E-state index contributed by atoms with van der Waals surface area (Å²) >= 11 is 0. The van der Waals surface area contributed by atoms with Crippen LogP contribution >= 0.6 is 0 Å². The highest BCUT2D eigenvalue weighted by Crippen LogP contribution is 2.49. The van der Waals surface area contributed by atoms with E-state index in [0.717, 1.165) is 11.8 Å². The number of fused-ring (bicyclic) bond motifs is 2. The topological polar surface area (TPSA) is 24.1 Å². The first-order chi connectivity index (χ1) is 19.9. The van der Waals surface area contributed by atoms with Crippen molar-refractivity contribution in [3.8, 4) is 0 Å². The SMILES string of the molecule is C1CCCCC(c2c3c(c(C4CCCCCCCC4)c4c2NCCCCCC4)NCCCCCCC3)CCCC1. The predicted molar refractivity (Wildman–Crippen MR) is 176 cm³/mol. The van der Waals surface area contributed by atoms with Gasteiger partial charge in [0.1, 0.15) is 0 Å². The van der Waals surface area contributed by atoms with E-state index in [1.807, 2.05) is 11.1 Å². The molecule has 1 aromatic rings. The highest BCUT2D eigenvalue weighted by atomic mass is 14.9. The molecule has 0 spiro atoms. The van der Waals surface area contributed by atoms with Crippen LogP contribution in [-0.4, -0.2) is 13.1 Å². The Hall–Kier alpha value is -1.18. The maximum Gasteiger partial charge on any atom is 0.0415 e. The minimum Gasteiger partial charge on any atom is -0.385 e. The van der Waals surface area contributed by atoms with Crippen molar-refractivity contribution in [3.63, 3.8) is 0 Å². The third-order valence-electron chi connectivity index (χ3n) is 11.1. The Kier molecular flexibility index (Phi) is 12.9. The van der Waals surface area contributed by atoms with Gasteiger partial charge in [-0.25, -0.2) is 0 Å². The summed E-state index contributed by atoms with van der Waals surface area (Å²) in [6.07, 6.45) is 39.7. The molecule has 5 rings (SSSR count).